The van der Waals surface area contributed by atoms with Gasteiger partial charge in [-0.05, 0) is 95.7 Å². The zero-order chi connectivity index (χ0) is 28.6. The predicted molar refractivity (Wildman–Crippen MR) is 171 cm³/mol. The van der Waals surface area contributed by atoms with E-state index in [4.69, 9.17) is 9.31 Å². The molecule has 1 aliphatic heterocycles. The summed E-state index contributed by atoms with van der Waals surface area (Å²) < 4.78 is 13.1. The Morgan fingerprint density at radius 3 is 1.66 bits per heavy atom. The molecule has 0 N–H and O–H groups in total. The first kappa shape index (κ1) is 26.0. The Balaban J connectivity index is 1.61. The van der Waals surface area contributed by atoms with Crippen LogP contribution in [0.15, 0.2) is 116 Å². The molecule has 41 heavy (non-hydrogen) atoms. The van der Waals surface area contributed by atoms with Gasteiger partial charge >= 0.3 is 7.12 Å². The molecule has 202 valence electrons. The van der Waals surface area contributed by atoms with Crippen molar-refractivity contribution in [3.05, 3.63) is 149 Å². The van der Waals surface area contributed by atoms with Gasteiger partial charge in [0.15, 0.2) is 0 Å². The minimum atomic E-state index is -0.531. The molecule has 4 aromatic rings. The van der Waals surface area contributed by atoms with E-state index in [9.17, 15) is 0 Å². The highest BCUT2D eigenvalue weighted by molar-refractivity contribution is 6.62. The molecular weight excluding hydrogens is 499 g/mol. The first-order chi connectivity index (χ1) is 19.7. The lowest BCUT2D eigenvalue weighted by molar-refractivity contribution is 0.00578. The smallest absolute Gasteiger partial charge is 0.399 e. The highest BCUT2D eigenvalue weighted by Gasteiger charge is 2.54. The molecule has 3 heteroatoms. The summed E-state index contributed by atoms with van der Waals surface area (Å²) >= 11 is 0. The summed E-state index contributed by atoms with van der Waals surface area (Å²) in [6.45, 7) is 14.8. The van der Waals surface area contributed by atoms with Gasteiger partial charge in [0.2, 0.25) is 0 Å². The summed E-state index contributed by atoms with van der Waals surface area (Å²) in [7, 11) is -0.442. The summed E-state index contributed by atoms with van der Waals surface area (Å²) in [6.07, 6.45) is 6.38. The van der Waals surface area contributed by atoms with Crippen molar-refractivity contribution in [2.45, 2.75) is 51.2 Å². The Morgan fingerprint density at radius 2 is 1.10 bits per heavy atom. The van der Waals surface area contributed by atoms with Crippen molar-refractivity contribution in [3.8, 4) is 11.1 Å². The number of hydrogen-bond donors (Lipinski definition) is 0. The van der Waals surface area contributed by atoms with Gasteiger partial charge < -0.3 is 9.31 Å². The Morgan fingerprint density at radius 1 is 0.610 bits per heavy atom. The molecule has 7 rings (SSSR count). The molecule has 0 saturated carbocycles. The maximum atomic E-state index is 6.56. The minimum absolute atomic E-state index is 0.414. The molecule has 2 nitrogen and oxygen atoms in total. The molecule has 1 heterocycles. The van der Waals surface area contributed by atoms with Crippen molar-refractivity contribution in [3.63, 3.8) is 0 Å². The van der Waals surface area contributed by atoms with E-state index in [0.29, 0.717) is 0 Å². The predicted octanol–water partition coefficient (Wildman–Crippen LogP) is 8.34. The summed E-state index contributed by atoms with van der Waals surface area (Å²) in [5, 5.41) is 0. The van der Waals surface area contributed by atoms with Crippen molar-refractivity contribution >= 4 is 23.7 Å². The largest absolute Gasteiger partial charge is 0.494 e. The molecule has 0 amide bonds. The van der Waals surface area contributed by atoms with Crippen molar-refractivity contribution in [1.29, 1.82) is 0 Å². The summed E-state index contributed by atoms with van der Waals surface area (Å²) in [5.41, 5.74) is 12.1. The van der Waals surface area contributed by atoms with Crippen LogP contribution in [0.2, 0.25) is 0 Å². The van der Waals surface area contributed by atoms with E-state index >= 15 is 0 Å². The first-order valence-electron chi connectivity index (χ1n) is 14.5. The molecule has 4 aromatic carbocycles. The molecule has 1 saturated heterocycles. The quantitative estimate of drug-likeness (QED) is 0.217. The Bertz CT molecular complexity index is 1770. The monoisotopic (exact) mass is 534 g/mol. The maximum absolute atomic E-state index is 6.56. The lowest BCUT2D eigenvalue weighted by atomic mass is 9.64. The second-order valence-electron chi connectivity index (χ2n) is 12.3. The molecule has 1 atom stereocenters. The fourth-order valence-corrected chi connectivity index (χ4v) is 7.09. The Labute approximate surface area is 244 Å². The second-order valence-corrected chi connectivity index (χ2v) is 12.3. The average Bonchev–Trinajstić information content (AvgIpc) is 3.35. The van der Waals surface area contributed by atoms with Crippen LogP contribution in [0.1, 0.15) is 68.0 Å². The maximum Gasteiger partial charge on any atom is 0.494 e. The van der Waals surface area contributed by atoms with Crippen LogP contribution in [-0.4, -0.2) is 18.3 Å². The molecule has 1 fully saturated rings. The third-order valence-corrected chi connectivity index (χ3v) is 9.66. The zero-order valence-electron chi connectivity index (χ0n) is 24.5. The minimum Gasteiger partial charge on any atom is -0.399 e. The van der Waals surface area contributed by atoms with E-state index in [0.717, 1.165) is 11.0 Å². The van der Waals surface area contributed by atoms with Gasteiger partial charge in [0.05, 0.1) is 16.6 Å². The highest BCUT2D eigenvalue weighted by atomic mass is 16.7. The van der Waals surface area contributed by atoms with Gasteiger partial charge in [-0.1, -0.05) is 116 Å². The number of rotatable bonds is 3. The average molecular weight is 535 g/mol. The van der Waals surface area contributed by atoms with Crippen LogP contribution in [0.25, 0.3) is 22.3 Å². The molecule has 1 unspecified atom stereocenters. The van der Waals surface area contributed by atoms with Gasteiger partial charge in [-0.15, -0.1) is 0 Å². The second kappa shape index (κ2) is 9.04. The van der Waals surface area contributed by atoms with E-state index in [1.165, 1.54) is 50.1 Å². The SMILES string of the molecule is C=CC1=C(/C=C\C)c2ccccc2C2(c3ccccc31)c1ccccc1-c1ccc(B3OC(C)(C)C(C)(C)O3)cc12. The van der Waals surface area contributed by atoms with E-state index in [1.54, 1.807) is 0 Å². The molecule has 1 spiro atoms. The summed E-state index contributed by atoms with van der Waals surface area (Å²) in [5.74, 6) is 0. The number of hydrogen-bond acceptors (Lipinski definition) is 2. The fraction of sp³-hybridized carbons (Fsp3) is 0.211. The van der Waals surface area contributed by atoms with Crippen LogP contribution in [0, 0.1) is 0 Å². The van der Waals surface area contributed by atoms with E-state index in [-0.39, 0.29) is 0 Å². The Hall–Kier alpha value is -3.92. The zero-order valence-corrected chi connectivity index (χ0v) is 24.5. The van der Waals surface area contributed by atoms with Crippen molar-refractivity contribution < 1.29 is 9.31 Å². The number of benzene rings is 4. The molecule has 0 aromatic heterocycles. The number of fused-ring (bicyclic) bond motifs is 9. The van der Waals surface area contributed by atoms with Crippen molar-refractivity contribution in [2.75, 3.05) is 0 Å². The fourth-order valence-electron chi connectivity index (χ4n) is 7.09. The molecule has 0 radical (unpaired) electrons. The standard InChI is InChI=1S/C38H35BO2/c1-7-15-27-26(8-2)28-16-9-12-19-32(28)38(33-20-13-10-17-29(27)33)34-21-14-11-18-30(34)31-23-22-25(24-35(31)38)39-40-36(3,4)37(5,6)41-39/h7-24H,2H2,1,3-6H3/b15-7-. The van der Waals surface area contributed by atoms with Gasteiger partial charge in [-0.25, -0.2) is 0 Å². The van der Waals surface area contributed by atoms with Crippen LogP contribution < -0.4 is 5.46 Å². The van der Waals surface area contributed by atoms with Gasteiger partial charge in [0, 0.05) is 0 Å². The summed E-state index contributed by atoms with van der Waals surface area (Å²) in [6, 6.07) is 33.5. The van der Waals surface area contributed by atoms with Crippen LogP contribution in [0.5, 0.6) is 0 Å². The molecule has 3 aliphatic rings. The van der Waals surface area contributed by atoms with Gasteiger partial charge in [-0.3, -0.25) is 0 Å². The van der Waals surface area contributed by atoms with Crippen molar-refractivity contribution in [1.82, 2.24) is 0 Å². The van der Waals surface area contributed by atoms with Crippen molar-refractivity contribution in [2.24, 2.45) is 0 Å². The third-order valence-electron chi connectivity index (χ3n) is 9.66. The van der Waals surface area contributed by atoms with Crippen LogP contribution in [0.3, 0.4) is 0 Å². The molecular formula is C38H35BO2. The summed E-state index contributed by atoms with van der Waals surface area (Å²) in [4.78, 5) is 0. The van der Waals surface area contributed by atoms with Gasteiger partial charge in [-0.2, -0.15) is 0 Å². The molecule has 0 bridgehead atoms. The van der Waals surface area contributed by atoms with Crippen LogP contribution in [0.4, 0.5) is 0 Å². The Kier molecular flexibility index (Phi) is 5.74. The highest BCUT2D eigenvalue weighted by Crippen LogP contribution is 2.60. The number of allylic oxidation sites excluding steroid dienone is 5. The van der Waals surface area contributed by atoms with Gasteiger partial charge in [0.25, 0.3) is 0 Å². The van der Waals surface area contributed by atoms with Crippen LogP contribution >= 0.6 is 0 Å². The normalized spacial score (nSPS) is 21.4. The van der Waals surface area contributed by atoms with E-state index in [2.05, 4.69) is 144 Å². The first-order valence-corrected chi connectivity index (χ1v) is 14.5. The van der Waals surface area contributed by atoms with E-state index in [1.807, 2.05) is 6.08 Å². The van der Waals surface area contributed by atoms with Gasteiger partial charge in [0.1, 0.15) is 0 Å². The topological polar surface area (TPSA) is 18.5 Å². The lowest BCUT2D eigenvalue weighted by Gasteiger charge is -2.35. The lowest BCUT2D eigenvalue weighted by Crippen LogP contribution is -2.41. The van der Waals surface area contributed by atoms with E-state index < -0.39 is 23.7 Å². The molecule has 2 aliphatic carbocycles. The van der Waals surface area contributed by atoms with Crippen LogP contribution in [-0.2, 0) is 14.7 Å². The third kappa shape index (κ3) is 3.46.